The van der Waals surface area contributed by atoms with Crippen LogP contribution in [0.1, 0.15) is 5.56 Å². The molecule has 0 bridgehead atoms. The second-order valence-electron chi connectivity index (χ2n) is 6.26. The van der Waals surface area contributed by atoms with E-state index in [1.54, 1.807) is 18.2 Å². The molecule has 0 saturated heterocycles. The zero-order valence-corrected chi connectivity index (χ0v) is 14.8. The van der Waals surface area contributed by atoms with Gasteiger partial charge in [-0.25, -0.2) is 0 Å². The summed E-state index contributed by atoms with van der Waals surface area (Å²) in [5.74, 6) is 0.839. The zero-order valence-electron chi connectivity index (χ0n) is 14.8. The molecule has 0 amide bonds. The second-order valence-corrected chi connectivity index (χ2v) is 6.26. The Kier molecular flexibility index (Phi) is 4.41. The maximum atomic E-state index is 11.9. The van der Waals surface area contributed by atoms with Gasteiger partial charge in [-0.2, -0.15) is 0 Å². The first-order valence-corrected chi connectivity index (χ1v) is 8.63. The van der Waals surface area contributed by atoms with E-state index in [9.17, 15) is 14.7 Å². The molecule has 0 spiro atoms. The standard InChI is InChI=1S/C23H16O5/c1-14(27-11-10-24)17-4-2-3-5-18(17)23-19-8-6-15(25)12-21(19)28-22-13-16(26)7-9-20(22)23/h2-10,12-13,25H,1,11H2. The summed E-state index contributed by atoms with van der Waals surface area (Å²) in [6, 6.07) is 17.0. The van der Waals surface area contributed by atoms with Crippen LogP contribution in [0.3, 0.4) is 0 Å². The number of ether oxygens (including phenoxy) is 1. The van der Waals surface area contributed by atoms with Crippen LogP contribution in [0.5, 0.6) is 5.75 Å². The van der Waals surface area contributed by atoms with Gasteiger partial charge in [0.15, 0.2) is 11.7 Å². The van der Waals surface area contributed by atoms with E-state index in [1.807, 2.05) is 24.3 Å². The molecule has 1 aliphatic carbocycles. The number of benzene rings is 3. The predicted molar refractivity (Wildman–Crippen MR) is 107 cm³/mol. The summed E-state index contributed by atoms with van der Waals surface area (Å²) in [6.07, 6.45) is 0.665. The maximum Gasteiger partial charge on any atom is 0.182 e. The summed E-state index contributed by atoms with van der Waals surface area (Å²) in [5.41, 5.74) is 3.37. The first-order chi connectivity index (χ1) is 13.6. The van der Waals surface area contributed by atoms with E-state index in [2.05, 4.69) is 6.58 Å². The van der Waals surface area contributed by atoms with Gasteiger partial charge in [0.05, 0.1) is 0 Å². The van der Waals surface area contributed by atoms with Crippen LogP contribution in [-0.4, -0.2) is 18.0 Å². The largest absolute Gasteiger partial charge is 0.508 e. The SMILES string of the molecule is C=C(OCC=O)c1ccccc1-c1c2ccc(=O)cc-2oc2cc(O)ccc12. The average molecular weight is 372 g/mol. The van der Waals surface area contributed by atoms with Gasteiger partial charge < -0.3 is 14.3 Å². The van der Waals surface area contributed by atoms with E-state index < -0.39 is 0 Å². The Morgan fingerprint density at radius 1 is 1.07 bits per heavy atom. The number of fused-ring (bicyclic) bond motifs is 2. The highest BCUT2D eigenvalue weighted by Crippen LogP contribution is 2.42. The molecular formula is C23H16O5. The van der Waals surface area contributed by atoms with E-state index in [4.69, 9.17) is 9.15 Å². The number of aromatic hydroxyl groups is 1. The molecule has 1 heterocycles. The number of aldehydes is 1. The molecule has 0 fully saturated rings. The van der Waals surface area contributed by atoms with Gasteiger partial charge in [0.2, 0.25) is 0 Å². The summed E-state index contributed by atoms with van der Waals surface area (Å²) in [5, 5.41) is 10.6. The Balaban J connectivity index is 2.07. The van der Waals surface area contributed by atoms with Crippen molar-refractivity contribution in [1.29, 1.82) is 0 Å². The Hall–Kier alpha value is -3.86. The smallest absolute Gasteiger partial charge is 0.182 e. The molecule has 0 radical (unpaired) electrons. The molecule has 0 saturated carbocycles. The van der Waals surface area contributed by atoms with Gasteiger partial charge in [-0.05, 0) is 29.8 Å². The van der Waals surface area contributed by atoms with E-state index >= 15 is 0 Å². The van der Waals surface area contributed by atoms with Crippen molar-refractivity contribution < 1.29 is 19.1 Å². The molecule has 1 N–H and O–H groups in total. The van der Waals surface area contributed by atoms with Gasteiger partial charge in [-0.1, -0.05) is 30.8 Å². The lowest BCUT2D eigenvalue weighted by atomic mass is 9.90. The first kappa shape index (κ1) is 17.5. The fourth-order valence-corrected chi connectivity index (χ4v) is 3.31. The summed E-state index contributed by atoms with van der Waals surface area (Å²) in [6.45, 7) is 3.85. The molecule has 1 aliphatic heterocycles. The molecule has 4 rings (SSSR count). The molecule has 28 heavy (non-hydrogen) atoms. The molecule has 0 atom stereocenters. The van der Waals surface area contributed by atoms with Crippen molar-refractivity contribution in [2.45, 2.75) is 0 Å². The monoisotopic (exact) mass is 372 g/mol. The van der Waals surface area contributed by atoms with Crippen LogP contribution in [0, 0.1) is 0 Å². The summed E-state index contributed by atoms with van der Waals surface area (Å²) < 4.78 is 11.3. The number of hydrogen-bond acceptors (Lipinski definition) is 5. The number of carbonyl (C=O) groups excluding carboxylic acids is 1. The molecule has 0 aromatic heterocycles. The number of hydrogen-bond donors (Lipinski definition) is 1. The Bertz CT molecular complexity index is 1240. The van der Waals surface area contributed by atoms with Gasteiger partial charge in [-0.3, -0.25) is 9.59 Å². The normalized spacial score (nSPS) is 10.9. The molecule has 2 aromatic carbocycles. The van der Waals surface area contributed by atoms with Crippen LogP contribution in [0.4, 0.5) is 0 Å². The minimum absolute atomic E-state index is 0.0619. The lowest BCUT2D eigenvalue weighted by molar-refractivity contribution is -0.110. The van der Waals surface area contributed by atoms with E-state index in [1.165, 1.54) is 18.2 Å². The summed E-state index contributed by atoms with van der Waals surface area (Å²) in [4.78, 5) is 22.5. The zero-order chi connectivity index (χ0) is 19.7. The highest BCUT2D eigenvalue weighted by molar-refractivity contribution is 6.04. The van der Waals surface area contributed by atoms with Crippen molar-refractivity contribution >= 4 is 23.0 Å². The molecule has 5 heteroatoms. The van der Waals surface area contributed by atoms with E-state index in [0.29, 0.717) is 23.4 Å². The number of phenols is 1. The summed E-state index contributed by atoms with van der Waals surface area (Å²) in [7, 11) is 0. The van der Waals surface area contributed by atoms with Crippen LogP contribution < -0.4 is 5.43 Å². The van der Waals surface area contributed by atoms with E-state index in [-0.39, 0.29) is 17.8 Å². The van der Waals surface area contributed by atoms with Gasteiger partial charge >= 0.3 is 0 Å². The molecule has 0 unspecified atom stereocenters. The van der Waals surface area contributed by atoms with Gasteiger partial charge in [-0.15, -0.1) is 0 Å². The first-order valence-electron chi connectivity index (χ1n) is 8.63. The fourth-order valence-electron chi connectivity index (χ4n) is 3.31. The Morgan fingerprint density at radius 2 is 1.89 bits per heavy atom. The third-order valence-electron chi connectivity index (χ3n) is 4.50. The van der Waals surface area contributed by atoms with Gasteiger partial charge in [0, 0.05) is 34.2 Å². The van der Waals surface area contributed by atoms with Crippen molar-refractivity contribution in [2.24, 2.45) is 0 Å². The van der Waals surface area contributed by atoms with Crippen LogP contribution in [0.15, 0.2) is 76.5 Å². The molecule has 2 aromatic rings. The van der Waals surface area contributed by atoms with Crippen LogP contribution in [0.2, 0.25) is 0 Å². The van der Waals surface area contributed by atoms with Crippen LogP contribution in [-0.2, 0) is 9.53 Å². The lowest BCUT2D eigenvalue weighted by Crippen LogP contribution is -2.01. The molecular weight excluding hydrogens is 356 g/mol. The van der Waals surface area contributed by atoms with Crippen molar-refractivity contribution in [3.63, 3.8) is 0 Å². The lowest BCUT2D eigenvalue weighted by Gasteiger charge is -2.18. The van der Waals surface area contributed by atoms with Gasteiger partial charge in [0.25, 0.3) is 0 Å². The highest BCUT2D eigenvalue weighted by atomic mass is 16.5. The number of phenolic OH excluding ortho intramolecular Hbond substituents is 1. The highest BCUT2D eigenvalue weighted by Gasteiger charge is 2.20. The third-order valence-corrected chi connectivity index (χ3v) is 4.50. The molecule has 2 aliphatic rings. The second kappa shape index (κ2) is 7.04. The van der Waals surface area contributed by atoms with Crippen molar-refractivity contribution in [2.75, 3.05) is 6.61 Å². The maximum absolute atomic E-state index is 11.9. The Labute approximate surface area is 160 Å². The third kappa shape index (κ3) is 3.03. The topological polar surface area (TPSA) is 76.7 Å². The van der Waals surface area contributed by atoms with Crippen LogP contribution in [0.25, 0.3) is 39.2 Å². The molecule has 138 valence electrons. The number of rotatable bonds is 5. The van der Waals surface area contributed by atoms with Crippen molar-refractivity contribution in [3.05, 3.63) is 83.0 Å². The van der Waals surface area contributed by atoms with Crippen LogP contribution >= 0.6 is 0 Å². The average Bonchev–Trinajstić information content (AvgIpc) is 2.70. The molecule has 5 nitrogen and oxygen atoms in total. The predicted octanol–water partition coefficient (Wildman–Crippen LogP) is 4.46. The van der Waals surface area contributed by atoms with E-state index in [0.717, 1.165) is 27.6 Å². The minimum atomic E-state index is -0.172. The Morgan fingerprint density at radius 3 is 2.71 bits per heavy atom. The van der Waals surface area contributed by atoms with Crippen molar-refractivity contribution in [3.8, 4) is 28.2 Å². The quantitative estimate of drug-likeness (QED) is 0.318. The number of carbonyl (C=O) groups is 1. The fraction of sp³-hybridized carbons (Fsp3) is 0.0435. The van der Waals surface area contributed by atoms with Crippen molar-refractivity contribution in [1.82, 2.24) is 0 Å². The van der Waals surface area contributed by atoms with Gasteiger partial charge in [0.1, 0.15) is 29.5 Å². The summed E-state index contributed by atoms with van der Waals surface area (Å²) >= 11 is 0. The minimum Gasteiger partial charge on any atom is -0.508 e.